The summed E-state index contributed by atoms with van der Waals surface area (Å²) in [6.07, 6.45) is -3.44. The average molecular weight is 467 g/mol. The molecule has 0 aliphatic carbocycles. The molecule has 1 fully saturated rings. The number of azide groups is 1. The SMILES string of the molecule is CC(=O)OC[C@H]1OC(N2CCc3cc(Cl)ccc32)[C@H](OC(C)=O)[C@@H](N=[N+]=[N-])[C@H]1OC(C)=O. The number of halogens is 1. The second-order valence-corrected chi connectivity index (χ2v) is 7.86. The van der Waals surface area contributed by atoms with Crippen LogP contribution < -0.4 is 4.90 Å². The Morgan fingerprint density at radius 2 is 1.88 bits per heavy atom. The number of carbonyl (C=O) groups is 3. The zero-order valence-electron chi connectivity index (χ0n) is 17.8. The lowest BCUT2D eigenvalue weighted by Gasteiger charge is -2.47. The number of hydrogen-bond donors (Lipinski definition) is 0. The highest BCUT2D eigenvalue weighted by atomic mass is 35.5. The van der Waals surface area contributed by atoms with E-state index in [4.69, 9.17) is 30.5 Å². The van der Waals surface area contributed by atoms with E-state index in [2.05, 4.69) is 10.0 Å². The number of fused-ring (bicyclic) bond motifs is 1. The highest BCUT2D eigenvalue weighted by molar-refractivity contribution is 6.30. The zero-order valence-corrected chi connectivity index (χ0v) is 18.5. The van der Waals surface area contributed by atoms with E-state index in [0.717, 1.165) is 11.3 Å². The lowest BCUT2D eigenvalue weighted by Crippen LogP contribution is -2.64. The van der Waals surface area contributed by atoms with Crippen LogP contribution in [0.25, 0.3) is 10.4 Å². The maximum absolute atomic E-state index is 11.9. The smallest absolute Gasteiger partial charge is 0.303 e. The van der Waals surface area contributed by atoms with Crippen molar-refractivity contribution in [2.24, 2.45) is 5.11 Å². The average Bonchev–Trinajstić information content (AvgIpc) is 3.11. The standard InChI is InChI=1S/C20H23ClN4O7/c1-10(26)29-9-16-18(30-11(2)27)17(23-24-22)19(31-12(3)28)20(32-16)25-7-6-13-8-14(21)4-5-15(13)25/h4-5,8,16-20H,6-7,9H2,1-3H3/t16-,17+,18+,19-,20?/m1/s1. The van der Waals surface area contributed by atoms with Crippen molar-refractivity contribution >= 4 is 35.2 Å². The molecule has 32 heavy (non-hydrogen) atoms. The van der Waals surface area contributed by atoms with Gasteiger partial charge in [-0.1, -0.05) is 16.7 Å². The van der Waals surface area contributed by atoms with Crippen LogP contribution in [0.15, 0.2) is 23.3 Å². The molecule has 1 aromatic rings. The van der Waals surface area contributed by atoms with Crippen LogP contribution in [0.3, 0.4) is 0 Å². The second kappa shape index (κ2) is 10.1. The van der Waals surface area contributed by atoms with Crippen molar-refractivity contribution in [3.05, 3.63) is 39.2 Å². The molecule has 0 radical (unpaired) electrons. The minimum atomic E-state index is -1.14. The molecule has 1 aromatic carbocycles. The van der Waals surface area contributed by atoms with E-state index in [1.807, 2.05) is 17.0 Å². The molecular weight excluding hydrogens is 444 g/mol. The summed E-state index contributed by atoms with van der Waals surface area (Å²) in [5.74, 6) is -1.85. The van der Waals surface area contributed by atoms with Gasteiger partial charge in [0.25, 0.3) is 0 Å². The van der Waals surface area contributed by atoms with E-state index in [9.17, 15) is 19.9 Å². The topological polar surface area (TPSA) is 140 Å². The van der Waals surface area contributed by atoms with E-state index >= 15 is 0 Å². The highest BCUT2D eigenvalue weighted by Crippen LogP contribution is 2.38. The number of hydrogen-bond acceptors (Lipinski definition) is 9. The minimum Gasteiger partial charge on any atom is -0.463 e. The first kappa shape index (κ1) is 23.6. The summed E-state index contributed by atoms with van der Waals surface area (Å²) in [4.78, 5) is 39.8. The van der Waals surface area contributed by atoms with Gasteiger partial charge in [0.05, 0.1) is 0 Å². The highest BCUT2D eigenvalue weighted by Gasteiger charge is 2.52. The largest absolute Gasteiger partial charge is 0.463 e. The van der Waals surface area contributed by atoms with Gasteiger partial charge >= 0.3 is 17.9 Å². The maximum Gasteiger partial charge on any atom is 0.303 e. The molecule has 0 saturated carbocycles. The third-order valence-corrected chi connectivity index (χ3v) is 5.39. The molecule has 0 bridgehead atoms. The molecule has 0 amide bonds. The van der Waals surface area contributed by atoms with Crippen LogP contribution >= 0.6 is 11.6 Å². The van der Waals surface area contributed by atoms with Gasteiger partial charge in [0, 0.05) is 42.9 Å². The van der Waals surface area contributed by atoms with Gasteiger partial charge in [0.15, 0.2) is 12.3 Å². The summed E-state index contributed by atoms with van der Waals surface area (Å²) in [5.41, 5.74) is 11.0. The third kappa shape index (κ3) is 5.24. The van der Waals surface area contributed by atoms with Crippen LogP contribution in [-0.4, -0.2) is 61.6 Å². The Morgan fingerprint density at radius 3 is 2.50 bits per heavy atom. The molecule has 1 unspecified atom stereocenters. The molecule has 0 spiro atoms. The van der Waals surface area contributed by atoms with Crippen molar-refractivity contribution in [2.45, 2.75) is 57.8 Å². The van der Waals surface area contributed by atoms with Gasteiger partial charge < -0.3 is 23.8 Å². The van der Waals surface area contributed by atoms with E-state index in [1.165, 1.54) is 20.8 Å². The fraction of sp³-hybridized carbons (Fsp3) is 0.550. The molecule has 5 atom stereocenters. The van der Waals surface area contributed by atoms with Gasteiger partial charge in [-0.05, 0) is 35.7 Å². The Hall–Kier alpha value is -3.01. The number of carbonyl (C=O) groups excluding carboxylic acids is 3. The number of anilines is 1. The molecular formula is C20H23ClN4O7. The molecule has 3 rings (SSSR count). The van der Waals surface area contributed by atoms with Gasteiger partial charge in [-0.25, -0.2) is 0 Å². The Labute approximate surface area is 189 Å². The van der Waals surface area contributed by atoms with Crippen LogP contribution in [0.1, 0.15) is 26.3 Å². The molecule has 2 heterocycles. The summed E-state index contributed by atoms with van der Waals surface area (Å²) >= 11 is 6.11. The van der Waals surface area contributed by atoms with Gasteiger partial charge in [-0.15, -0.1) is 0 Å². The molecule has 2 aliphatic heterocycles. The lowest BCUT2D eigenvalue weighted by molar-refractivity contribution is -0.216. The number of ether oxygens (including phenoxy) is 4. The second-order valence-electron chi connectivity index (χ2n) is 7.43. The van der Waals surface area contributed by atoms with Crippen molar-refractivity contribution < 1.29 is 33.3 Å². The van der Waals surface area contributed by atoms with Crippen LogP contribution in [-0.2, 0) is 39.8 Å². The van der Waals surface area contributed by atoms with Crippen LogP contribution in [0.4, 0.5) is 5.69 Å². The zero-order chi connectivity index (χ0) is 23.4. The van der Waals surface area contributed by atoms with E-state index in [-0.39, 0.29) is 6.61 Å². The van der Waals surface area contributed by atoms with Crippen LogP contribution in [0.2, 0.25) is 5.02 Å². The Kier molecular flexibility index (Phi) is 7.44. The minimum absolute atomic E-state index is 0.255. The predicted molar refractivity (Wildman–Crippen MR) is 112 cm³/mol. The number of rotatable bonds is 6. The monoisotopic (exact) mass is 466 g/mol. The molecule has 11 nitrogen and oxygen atoms in total. The summed E-state index contributed by atoms with van der Waals surface area (Å²) in [6, 6.07) is 4.26. The molecule has 0 N–H and O–H groups in total. The summed E-state index contributed by atoms with van der Waals surface area (Å²) in [6.45, 7) is 3.89. The maximum atomic E-state index is 11.9. The number of nitrogens with zero attached hydrogens (tertiary/aromatic N) is 4. The van der Waals surface area contributed by atoms with Gasteiger partial charge in [0.1, 0.15) is 24.9 Å². The van der Waals surface area contributed by atoms with Crippen molar-refractivity contribution in [3.8, 4) is 0 Å². The molecule has 1 saturated heterocycles. The van der Waals surface area contributed by atoms with E-state index in [0.29, 0.717) is 18.0 Å². The predicted octanol–water partition coefficient (Wildman–Crippen LogP) is 2.53. The van der Waals surface area contributed by atoms with Crippen molar-refractivity contribution in [1.82, 2.24) is 0 Å². The summed E-state index contributed by atoms with van der Waals surface area (Å²) < 4.78 is 22.2. The molecule has 0 aromatic heterocycles. The van der Waals surface area contributed by atoms with Gasteiger partial charge in [-0.2, -0.15) is 0 Å². The van der Waals surface area contributed by atoms with Gasteiger partial charge in [-0.3, -0.25) is 14.4 Å². The summed E-state index contributed by atoms with van der Waals surface area (Å²) in [7, 11) is 0. The molecule has 2 aliphatic rings. The Morgan fingerprint density at radius 1 is 1.19 bits per heavy atom. The Bertz CT molecular complexity index is 952. The number of benzene rings is 1. The first-order valence-corrected chi connectivity index (χ1v) is 10.3. The van der Waals surface area contributed by atoms with Crippen molar-refractivity contribution in [1.29, 1.82) is 0 Å². The van der Waals surface area contributed by atoms with Gasteiger partial charge in [0.2, 0.25) is 0 Å². The Balaban J connectivity index is 2.04. The number of esters is 3. The fourth-order valence-electron chi connectivity index (χ4n) is 4.00. The van der Waals surface area contributed by atoms with Crippen molar-refractivity contribution in [3.63, 3.8) is 0 Å². The fourth-order valence-corrected chi connectivity index (χ4v) is 4.20. The molecule has 12 heteroatoms. The first-order valence-electron chi connectivity index (χ1n) is 9.93. The normalized spacial score (nSPS) is 26.5. The van der Waals surface area contributed by atoms with E-state index in [1.54, 1.807) is 6.07 Å². The quantitative estimate of drug-likeness (QED) is 0.205. The summed E-state index contributed by atoms with van der Waals surface area (Å²) in [5, 5.41) is 4.36. The third-order valence-electron chi connectivity index (χ3n) is 5.16. The first-order chi connectivity index (χ1) is 15.2. The van der Waals surface area contributed by atoms with Crippen LogP contribution in [0, 0.1) is 0 Å². The molecule has 172 valence electrons. The van der Waals surface area contributed by atoms with Crippen molar-refractivity contribution in [2.75, 3.05) is 18.1 Å². The van der Waals surface area contributed by atoms with E-state index < -0.39 is 48.5 Å². The lowest BCUT2D eigenvalue weighted by atomic mass is 9.94. The van der Waals surface area contributed by atoms with Crippen LogP contribution in [0.5, 0.6) is 0 Å².